The number of carbonyl (C=O) groups excluding carboxylic acids is 3. The van der Waals surface area contributed by atoms with Crippen molar-refractivity contribution in [3.05, 3.63) is 65.7 Å². The predicted molar refractivity (Wildman–Crippen MR) is 99.2 cm³/mol. The van der Waals surface area contributed by atoms with Crippen LogP contribution < -0.4 is 9.80 Å². The molecule has 3 heterocycles. The fraction of sp³-hybridized carbons (Fsp3) is 0.318. The summed E-state index contributed by atoms with van der Waals surface area (Å²) in [6, 6.07) is 9.77. The summed E-state index contributed by atoms with van der Waals surface area (Å²) in [5, 5.41) is 0. The van der Waals surface area contributed by atoms with Gasteiger partial charge in [0.05, 0.1) is 12.2 Å². The molecule has 5 atom stereocenters. The molecule has 148 valence electrons. The van der Waals surface area contributed by atoms with Crippen LogP contribution in [-0.4, -0.2) is 36.2 Å². The van der Waals surface area contributed by atoms with Gasteiger partial charge >= 0.3 is 0 Å². The van der Waals surface area contributed by atoms with Crippen molar-refractivity contribution in [1.29, 1.82) is 0 Å². The zero-order chi connectivity index (χ0) is 20.3. The van der Waals surface area contributed by atoms with Gasteiger partial charge in [-0.25, -0.2) is 13.7 Å². The number of fused-ring (bicyclic) bond motifs is 3. The van der Waals surface area contributed by atoms with Gasteiger partial charge in [0.1, 0.15) is 29.5 Å². The van der Waals surface area contributed by atoms with Gasteiger partial charge in [0, 0.05) is 18.4 Å². The Balaban J connectivity index is 1.54. The Bertz CT molecular complexity index is 1010. The normalized spacial score (nSPS) is 30.6. The molecular formula is C22H19F2N2O3+. The van der Waals surface area contributed by atoms with E-state index in [1.54, 1.807) is 0 Å². The molecule has 29 heavy (non-hydrogen) atoms. The van der Waals surface area contributed by atoms with Crippen LogP contribution in [0.3, 0.4) is 0 Å². The smallest absolute Gasteiger partial charge is 0.244 e. The van der Waals surface area contributed by atoms with Crippen molar-refractivity contribution in [2.75, 3.05) is 11.4 Å². The highest BCUT2D eigenvalue weighted by Gasteiger charge is 2.68. The third-order valence-corrected chi connectivity index (χ3v) is 6.54. The Morgan fingerprint density at radius 1 is 0.897 bits per heavy atom. The second kappa shape index (κ2) is 6.56. The van der Waals surface area contributed by atoms with Crippen LogP contribution in [0.2, 0.25) is 0 Å². The standard InChI is InChI=1S/C22H18F2N2O3/c23-13-5-3-12(4-6-13)20(27)19-18-17(16-2-1-11-25(16)19)21(28)26(22(18)29)15-9-7-14(24)8-10-15/h3-10,16-19H,1-2,11H2/p+1/t16-,17-,18-,19+/m1/s1. The summed E-state index contributed by atoms with van der Waals surface area (Å²) in [5.74, 6) is -3.15. The van der Waals surface area contributed by atoms with Crippen molar-refractivity contribution in [3.8, 4) is 0 Å². The van der Waals surface area contributed by atoms with E-state index in [-0.39, 0.29) is 17.7 Å². The highest BCUT2D eigenvalue weighted by molar-refractivity contribution is 6.24. The predicted octanol–water partition coefficient (Wildman–Crippen LogP) is 1.38. The zero-order valence-corrected chi connectivity index (χ0v) is 15.5. The number of quaternary nitrogens is 1. The first kappa shape index (κ1) is 18.1. The second-order valence-electron chi connectivity index (χ2n) is 7.96. The molecule has 0 aromatic heterocycles. The van der Waals surface area contributed by atoms with E-state index in [2.05, 4.69) is 0 Å². The molecule has 3 fully saturated rings. The van der Waals surface area contributed by atoms with Crippen molar-refractivity contribution in [2.24, 2.45) is 11.8 Å². The van der Waals surface area contributed by atoms with E-state index in [4.69, 9.17) is 0 Å². The van der Waals surface area contributed by atoms with Crippen LogP contribution in [0, 0.1) is 23.5 Å². The molecule has 0 saturated carbocycles. The lowest BCUT2D eigenvalue weighted by atomic mass is 9.85. The average Bonchev–Trinajstić information content (AvgIpc) is 3.35. The Morgan fingerprint density at radius 3 is 2.14 bits per heavy atom. The highest BCUT2D eigenvalue weighted by Crippen LogP contribution is 2.40. The SMILES string of the molecule is O=C(c1ccc(F)cc1)[C@@H]1[C@@H]2C(=O)N(c3ccc(F)cc3)C(=O)[C@@H]2[C@H]2CCC[NH+]21. The Morgan fingerprint density at radius 2 is 1.48 bits per heavy atom. The number of hydrogen-bond acceptors (Lipinski definition) is 3. The lowest BCUT2D eigenvalue weighted by Gasteiger charge is -2.25. The van der Waals surface area contributed by atoms with E-state index in [1.807, 2.05) is 0 Å². The molecule has 7 heteroatoms. The quantitative estimate of drug-likeness (QED) is 0.629. The number of halogens is 2. The summed E-state index contributed by atoms with van der Waals surface area (Å²) in [6.45, 7) is 0.729. The van der Waals surface area contributed by atoms with Gasteiger partial charge in [0.25, 0.3) is 0 Å². The monoisotopic (exact) mass is 397 g/mol. The minimum absolute atomic E-state index is 0.0868. The second-order valence-corrected chi connectivity index (χ2v) is 7.96. The maximum atomic E-state index is 13.3. The first-order chi connectivity index (χ1) is 14.0. The molecule has 1 unspecified atom stereocenters. The maximum absolute atomic E-state index is 13.3. The van der Waals surface area contributed by atoms with Crippen molar-refractivity contribution in [3.63, 3.8) is 0 Å². The molecule has 0 spiro atoms. The lowest BCUT2D eigenvalue weighted by molar-refractivity contribution is -0.915. The van der Waals surface area contributed by atoms with Crippen molar-refractivity contribution in [1.82, 2.24) is 0 Å². The summed E-state index contributed by atoms with van der Waals surface area (Å²) >= 11 is 0. The minimum atomic E-state index is -0.745. The van der Waals surface area contributed by atoms with E-state index in [9.17, 15) is 23.2 Å². The van der Waals surface area contributed by atoms with Gasteiger partial charge in [-0.15, -0.1) is 0 Å². The molecule has 1 N–H and O–H groups in total. The molecule has 5 rings (SSSR count). The summed E-state index contributed by atoms with van der Waals surface area (Å²) in [5.41, 5.74) is 0.666. The molecule has 3 saturated heterocycles. The Kier molecular flexibility index (Phi) is 4.10. The van der Waals surface area contributed by atoms with Crippen molar-refractivity contribution in [2.45, 2.75) is 24.9 Å². The van der Waals surface area contributed by atoms with Crippen molar-refractivity contribution < 1.29 is 28.1 Å². The van der Waals surface area contributed by atoms with Crippen LogP contribution in [0.5, 0.6) is 0 Å². The van der Waals surface area contributed by atoms with Gasteiger partial charge in [-0.05, 0) is 48.5 Å². The number of benzene rings is 2. The first-order valence-corrected chi connectivity index (χ1v) is 9.76. The van der Waals surface area contributed by atoms with E-state index in [1.165, 1.54) is 48.5 Å². The fourth-order valence-electron chi connectivity index (χ4n) is 5.38. The molecule has 5 nitrogen and oxygen atoms in total. The number of hydrogen-bond donors (Lipinski definition) is 1. The zero-order valence-electron chi connectivity index (χ0n) is 15.5. The van der Waals surface area contributed by atoms with E-state index in [0.717, 1.165) is 29.2 Å². The largest absolute Gasteiger partial charge is 0.322 e. The number of Topliss-reactive ketones (excluding diaryl/α,β-unsaturated/α-hetero) is 1. The van der Waals surface area contributed by atoms with Gasteiger partial charge in [-0.1, -0.05) is 0 Å². The average molecular weight is 397 g/mol. The van der Waals surface area contributed by atoms with Gasteiger partial charge < -0.3 is 4.90 Å². The molecule has 2 aromatic carbocycles. The number of imide groups is 1. The third kappa shape index (κ3) is 2.64. The maximum Gasteiger partial charge on any atom is 0.244 e. The summed E-state index contributed by atoms with van der Waals surface area (Å²) in [4.78, 5) is 41.9. The third-order valence-electron chi connectivity index (χ3n) is 6.54. The molecule has 3 aliphatic rings. The number of rotatable bonds is 3. The van der Waals surface area contributed by atoms with Crippen LogP contribution in [-0.2, 0) is 9.59 Å². The molecule has 0 radical (unpaired) electrons. The Hall–Kier alpha value is -2.93. The Labute approximate surface area is 165 Å². The van der Waals surface area contributed by atoms with Crippen LogP contribution in [0.15, 0.2) is 48.5 Å². The molecule has 0 bridgehead atoms. The number of ketones is 1. The molecule has 2 aromatic rings. The van der Waals surface area contributed by atoms with Crippen LogP contribution in [0.25, 0.3) is 0 Å². The van der Waals surface area contributed by atoms with Gasteiger partial charge in [0.15, 0.2) is 6.04 Å². The topological polar surface area (TPSA) is 58.9 Å². The molecular weight excluding hydrogens is 378 g/mol. The number of nitrogens with one attached hydrogen (secondary N) is 1. The number of anilines is 1. The van der Waals surface area contributed by atoms with Crippen LogP contribution in [0.1, 0.15) is 23.2 Å². The summed E-state index contributed by atoms with van der Waals surface area (Å²) < 4.78 is 26.6. The summed E-state index contributed by atoms with van der Waals surface area (Å²) in [6.07, 6.45) is 1.66. The number of carbonyl (C=O) groups is 3. The van der Waals surface area contributed by atoms with Crippen LogP contribution >= 0.6 is 0 Å². The van der Waals surface area contributed by atoms with Gasteiger partial charge in [-0.2, -0.15) is 0 Å². The first-order valence-electron chi connectivity index (χ1n) is 9.76. The molecule has 3 aliphatic heterocycles. The highest BCUT2D eigenvalue weighted by atomic mass is 19.1. The molecule has 2 amide bonds. The van der Waals surface area contributed by atoms with Crippen LogP contribution in [0.4, 0.5) is 14.5 Å². The van der Waals surface area contributed by atoms with Crippen molar-refractivity contribution >= 4 is 23.3 Å². The van der Waals surface area contributed by atoms with Gasteiger partial charge in [0.2, 0.25) is 17.6 Å². The molecule has 0 aliphatic carbocycles. The van der Waals surface area contributed by atoms with Gasteiger partial charge in [-0.3, -0.25) is 14.4 Å². The number of amides is 2. The number of nitrogens with zero attached hydrogens (tertiary/aromatic N) is 1. The summed E-state index contributed by atoms with van der Waals surface area (Å²) in [7, 11) is 0. The van der Waals surface area contributed by atoms with E-state index >= 15 is 0 Å². The van der Waals surface area contributed by atoms with E-state index in [0.29, 0.717) is 11.3 Å². The van der Waals surface area contributed by atoms with E-state index < -0.39 is 35.4 Å². The minimum Gasteiger partial charge on any atom is -0.322 e. The lowest BCUT2D eigenvalue weighted by Crippen LogP contribution is -3.16. The fourth-order valence-corrected chi connectivity index (χ4v) is 5.38.